The van der Waals surface area contributed by atoms with Crippen LogP contribution in [0.2, 0.25) is 0 Å². The highest BCUT2D eigenvalue weighted by molar-refractivity contribution is 14.1. The Morgan fingerprint density at radius 2 is 2.19 bits per heavy atom. The van der Waals surface area contributed by atoms with Crippen molar-refractivity contribution in [3.63, 3.8) is 0 Å². The van der Waals surface area contributed by atoms with Gasteiger partial charge in [0.1, 0.15) is 0 Å². The molecule has 21 heavy (non-hydrogen) atoms. The fourth-order valence-electron chi connectivity index (χ4n) is 2.19. The van der Waals surface area contributed by atoms with Gasteiger partial charge in [-0.1, -0.05) is 15.9 Å². The quantitative estimate of drug-likeness (QED) is 0.577. The molecule has 7 heteroatoms. The van der Waals surface area contributed by atoms with E-state index in [1.54, 1.807) is 7.11 Å². The molecule has 2 rings (SSSR count). The van der Waals surface area contributed by atoms with Crippen molar-refractivity contribution in [3.8, 4) is 0 Å². The van der Waals surface area contributed by atoms with Gasteiger partial charge in [0.25, 0.3) is 0 Å². The van der Waals surface area contributed by atoms with Crippen LogP contribution in [0.15, 0.2) is 33.3 Å². The van der Waals surface area contributed by atoms with Gasteiger partial charge in [-0.15, -0.1) is 0 Å². The molecule has 1 aromatic carbocycles. The first-order chi connectivity index (χ1) is 10.1. The number of nitrogens with one attached hydrogen (secondary N) is 1. The van der Waals surface area contributed by atoms with Gasteiger partial charge in [-0.3, -0.25) is 4.68 Å². The van der Waals surface area contributed by atoms with Crippen LogP contribution in [0.3, 0.4) is 0 Å². The number of ether oxygens (including phenoxy) is 1. The molecule has 0 amide bonds. The Hall–Kier alpha value is 0.0400. The maximum absolute atomic E-state index is 5.17. The Morgan fingerprint density at radius 1 is 1.43 bits per heavy atom. The number of hydrogen-bond donors (Lipinski definition) is 1. The minimum atomic E-state index is 0.0585. The largest absolute Gasteiger partial charge is 0.383 e. The highest BCUT2D eigenvalue weighted by Gasteiger charge is 2.22. The summed E-state index contributed by atoms with van der Waals surface area (Å²) < 4.78 is 10.4. The fraction of sp³-hybridized carbons (Fsp3) is 0.357. The third-order valence-electron chi connectivity index (χ3n) is 3.17. The number of hydrogen-bond acceptors (Lipinski definition) is 3. The van der Waals surface area contributed by atoms with Gasteiger partial charge in [-0.25, -0.2) is 0 Å². The first-order valence-corrected chi connectivity index (χ1v) is 9.07. The zero-order valence-corrected chi connectivity index (χ0v) is 17.1. The second kappa shape index (κ2) is 8.05. The molecule has 1 unspecified atom stereocenters. The van der Waals surface area contributed by atoms with Gasteiger partial charge in [0.15, 0.2) is 0 Å². The first-order valence-electron chi connectivity index (χ1n) is 6.40. The summed E-state index contributed by atoms with van der Waals surface area (Å²) in [4.78, 5) is 0. The van der Waals surface area contributed by atoms with Crippen molar-refractivity contribution in [1.82, 2.24) is 15.1 Å². The number of aromatic nitrogens is 2. The molecule has 114 valence electrons. The van der Waals surface area contributed by atoms with E-state index in [4.69, 9.17) is 4.74 Å². The monoisotopic (exact) mass is 527 g/mol. The molecule has 0 spiro atoms. The molecule has 1 heterocycles. The van der Waals surface area contributed by atoms with Gasteiger partial charge in [0.2, 0.25) is 0 Å². The molecular formula is C14H16Br2IN3O. The molecule has 1 aromatic heterocycles. The lowest BCUT2D eigenvalue weighted by Crippen LogP contribution is -2.23. The topological polar surface area (TPSA) is 39.1 Å². The summed E-state index contributed by atoms with van der Waals surface area (Å²) >= 11 is 9.53. The second-order valence-electron chi connectivity index (χ2n) is 4.48. The highest BCUT2D eigenvalue weighted by atomic mass is 127. The molecule has 0 aliphatic rings. The zero-order chi connectivity index (χ0) is 15.4. The van der Waals surface area contributed by atoms with Crippen molar-refractivity contribution in [1.29, 1.82) is 0 Å². The van der Waals surface area contributed by atoms with Crippen LogP contribution in [0.1, 0.15) is 17.3 Å². The summed E-state index contributed by atoms with van der Waals surface area (Å²) in [6.45, 7) is 1.35. The summed E-state index contributed by atoms with van der Waals surface area (Å²) in [5.41, 5.74) is 2.32. The van der Waals surface area contributed by atoms with Crippen LogP contribution >= 0.6 is 54.5 Å². The van der Waals surface area contributed by atoms with Gasteiger partial charge < -0.3 is 10.1 Å². The number of rotatable bonds is 6. The molecule has 1 atom stereocenters. The molecule has 0 saturated heterocycles. The lowest BCUT2D eigenvalue weighted by molar-refractivity contribution is 0.182. The van der Waals surface area contributed by atoms with Crippen LogP contribution in [-0.4, -0.2) is 30.5 Å². The lowest BCUT2D eigenvalue weighted by Gasteiger charge is -2.21. The normalized spacial score (nSPS) is 12.6. The van der Waals surface area contributed by atoms with E-state index in [0.717, 1.165) is 21.2 Å². The number of nitrogens with zero attached hydrogens (tertiary/aromatic N) is 2. The van der Waals surface area contributed by atoms with Gasteiger partial charge in [0, 0.05) is 15.2 Å². The van der Waals surface area contributed by atoms with Crippen LogP contribution in [0.25, 0.3) is 0 Å². The number of benzene rings is 1. The van der Waals surface area contributed by atoms with Crippen LogP contribution in [0.5, 0.6) is 0 Å². The van der Waals surface area contributed by atoms with E-state index in [2.05, 4.69) is 83.1 Å². The summed E-state index contributed by atoms with van der Waals surface area (Å²) in [5, 5.41) is 7.82. The van der Waals surface area contributed by atoms with Crippen LogP contribution in [0, 0.1) is 3.57 Å². The van der Waals surface area contributed by atoms with Gasteiger partial charge in [-0.05, 0) is 69.3 Å². The number of halogens is 3. The van der Waals surface area contributed by atoms with E-state index in [1.165, 1.54) is 9.13 Å². The predicted octanol–water partition coefficient (Wildman–Crippen LogP) is 3.97. The predicted molar refractivity (Wildman–Crippen MR) is 99.6 cm³/mol. The Labute approximate surface area is 155 Å². The van der Waals surface area contributed by atoms with E-state index >= 15 is 0 Å². The summed E-state index contributed by atoms with van der Waals surface area (Å²) in [6.07, 6.45) is 1.83. The Morgan fingerprint density at radius 3 is 2.86 bits per heavy atom. The fourth-order valence-corrected chi connectivity index (χ4v) is 3.74. The van der Waals surface area contributed by atoms with Crippen LogP contribution in [0.4, 0.5) is 0 Å². The maximum Gasteiger partial charge on any atom is 0.0768 e. The minimum Gasteiger partial charge on any atom is -0.383 e. The van der Waals surface area contributed by atoms with E-state index in [1.807, 2.05) is 17.9 Å². The molecular weight excluding hydrogens is 513 g/mol. The Kier molecular flexibility index (Phi) is 6.67. The summed E-state index contributed by atoms with van der Waals surface area (Å²) in [6, 6.07) is 6.36. The highest BCUT2D eigenvalue weighted by Crippen LogP contribution is 2.32. The molecule has 0 fully saturated rings. The Balaban J connectivity index is 2.46. The van der Waals surface area contributed by atoms with Crippen molar-refractivity contribution in [2.24, 2.45) is 0 Å². The standard InChI is InChI=1S/C14H16Br2IN3O/c1-18-13(10-7-9(15)3-4-12(10)17)14-11(16)8-19-20(14)5-6-21-2/h3-4,7-8,13,18H,5-6H2,1-2H3. The van der Waals surface area contributed by atoms with E-state index in [0.29, 0.717) is 6.61 Å². The Bertz CT molecular complexity index is 618. The molecule has 0 radical (unpaired) electrons. The third kappa shape index (κ3) is 4.07. The summed E-state index contributed by atoms with van der Waals surface area (Å²) in [5.74, 6) is 0. The molecule has 0 saturated carbocycles. The van der Waals surface area contributed by atoms with E-state index in [9.17, 15) is 0 Å². The maximum atomic E-state index is 5.17. The average molecular weight is 529 g/mol. The molecule has 2 aromatic rings. The molecule has 0 bridgehead atoms. The zero-order valence-electron chi connectivity index (χ0n) is 11.7. The first kappa shape index (κ1) is 17.4. The SMILES string of the molecule is CNC(c1cc(Br)ccc1I)c1c(Br)cnn1CCOC. The lowest BCUT2D eigenvalue weighted by atomic mass is 10.0. The molecule has 4 nitrogen and oxygen atoms in total. The van der Waals surface area contributed by atoms with Crippen LogP contribution < -0.4 is 5.32 Å². The smallest absolute Gasteiger partial charge is 0.0768 e. The van der Waals surface area contributed by atoms with E-state index in [-0.39, 0.29) is 6.04 Å². The van der Waals surface area contributed by atoms with Crippen molar-refractivity contribution in [2.45, 2.75) is 12.6 Å². The van der Waals surface area contributed by atoms with Crippen molar-refractivity contribution in [3.05, 3.63) is 48.2 Å². The van der Waals surface area contributed by atoms with Crippen molar-refractivity contribution >= 4 is 54.5 Å². The summed E-state index contributed by atoms with van der Waals surface area (Å²) in [7, 11) is 3.66. The second-order valence-corrected chi connectivity index (χ2v) is 7.41. The van der Waals surface area contributed by atoms with Crippen molar-refractivity contribution in [2.75, 3.05) is 20.8 Å². The van der Waals surface area contributed by atoms with E-state index < -0.39 is 0 Å². The molecule has 1 N–H and O–H groups in total. The van der Waals surface area contributed by atoms with Gasteiger partial charge >= 0.3 is 0 Å². The van der Waals surface area contributed by atoms with Gasteiger partial charge in [0.05, 0.1) is 35.6 Å². The average Bonchev–Trinajstić information content (AvgIpc) is 2.83. The van der Waals surface area contributed by atoms with Crippen molar-refractivity contribution < 1.29 is 4.74 Å². The minimum absolute atomic E-state index is 0.0585. The van der Waals surface area contributed by atoms with Gasteiger partial charge in [-0.2, -0.15) is 5.10 Å². The molecule has 0 aliphatic carbocycles. The molecule has 0 aliphatic heterocycles. The third-order valence-corrected chi connectivity index (χ3v) is 5.26. The van der Waals surface area contributed by atoms with Crippen LogP contribution in [-0.2, 0) is 11.3 Å². The number of methoxy groups -OCH3 is 1.